The van der Waals surface area contributed by atoms with Crippen molar-refractivity contribution in [2.45, 2.75) is 38.0 Å². The first kappa shape index (κ1) is 18.1. The first-order valence-electron chi connectivity index (χ1n) is 7.13. The Kier molecular flexibility index (Phi) is 4.96. The van der Waals surface area contributed by atoms with Gasteiger partial charge in [0.1, 0.15) is 10.6 Å². The van der Waals surface area contributed by atoms with Crippen LogP contribution in [0.1, 0.15) is 31.9 Å². The van der Waals surface area contributed by atoms with E-state index in [0.29, 0.717) is 11.3 Å². The van der Waals surface area contributed by atoms with Crippen LogP contribution in [-0.4, -0.2) is 13.5 Å². The summed E-state index contributed by atoms with van der Waals surface area (Å²) in [6.07, 6.45) is 0. The summed E-state index contributed by atoms with van der Waals surface area (Å²) in [4.78, 5) is -0.0963. The molecule has 0 aliphatic carbocycles. The fourth-order valence-electron chi connectivity index (χ4n) is 2.25. The molecule has 0 saturated heterocycles. The van der Waals surface area contributed by atoms with Gasteiger partial charge in [-0.05, 0) is 70.8 Å². The maximum absolute atomic E-state index is 12.7. The van der Waals surface area contributed by atoms with Crippen LogP contribution in [0.4, 0.5) is 5.69 Å². The summed E-state index contributed by atoms with van der Waals surface area (Å²) in [5.74, 6) is -0.193. The summed E-state index contributed by atoms with van der Waals surface area (Å²) in [6, 6.07) is 10.3. The van der Waals surface area contributed by atoms with Gasteiger partial charge in [-0.1, -0.05) is 26.8 Å². The normalized spacial score (nSPS) is 12.2. The molecule has 23 heavy (non-hydrogen) atoms. The zero-order valence-electron chi connectivity index (χ0n) is 13.5. The van der Waals surface area contributed by atoms with E-state index < -0.39 is 10.0 Å². The molecule has 0 bridgehead atoms. The zero-order chi connectivity index (χ0) is 17.4. The Bertz CT molecular complexity index is 822. The van der Waals surface area contributed by atoms with Crippen molar-refractivity contribution in [1.82, 2.24) is 0 Å². The molecule has 2 N–H and O–H groups in total. The molecule has 0 saturated carbocycles. The number of phenols is 1. The van der Waals surface area contributed by atoms with E-state index in [1.165, 1.54) is 6.07 Å². The molecule has 6 heteroatoms. The lowest BCUT2D eigenvalue weighted by Crippen LogP contribution is -2.17. The minimum atomic E-state index is -3.86. The molecule has 0 heterocycles. The molecule has 4 nitrogen and oxygen atoms in total. The number of sulfonamides is 1. The highest BCUT2D eigenvalue weighted by Crippen LogP contribution is 2.37. The van der Waals surface area contributed by atoms with Crippen LogP contribution in [0.3, 0.4) is 0 Å². The van der Waals surface area contributed by atoms with Gasteiger partial charge in [0.05, 0.1) is 0 Å². The van der Waals surface area contributed by atoms with Crippen molar-refractivity contribution in [3.8, 4) is 5.75 Å². The van der Waals surface area contributed by atoms with Crippen LogP contribution in [0.25, 0.3) is 0 Å². The maximum atomic E-state index is 12.7. The summed E-state index contributed by atoms with van der Waals surface area (Å²) in [5, 5.41) is 10.5. The second-order valence-electron chi connectivity index (χ2n) is 6.52. The number of aryl methyl sites for hydroxylation is 1. The molecule has 0 atom stereocenters. The van der Waals surface area contributed by atoms with E-state index in [4.69, 9.17) is 0 Å². The number of anilines is 1. The van der Waals surface area contributed by atoms with Crippen molar-refractivity contribution in [3.63, 3.8) is 0 Å². The summed E-state index contributed by atoms with van der Waals surface area (Å²) in [5.41, 5.74) is 1.50. The molecule has 2 aromatic rings. The van der Waals surface area contributed by atoms with Crippen molar-refractivity contribution < 1.29 is 13.5 Å². The second kappa shape index (κ2) is 6.32. The molecule has 0 aliphatic rings. The van der Waals surface area contributed by atoms with E-state index in [1.807, 2.05) is 45.9 Å². The fourth-order valence-corrected chi connectivity index (χ4v) is 3.87. The van der Waals surface area contributed by atoms with Gasteiger partial charge >= 0.3 is 0 Å². The Labute approximate surface area is 151 Å². The lowest BCUT2D eigenvalue weighted by molar-refractivity contribution is 0.431. The van der Waals surface area contributed by atoms with Crippen LogP contribution in [0.15, 0.2) is 41.3 Å². The van der Waals surface area contributed by atoms with Gasteiger partial charge in [-0.3, -0.25) is 4.72 Å². The standard InChI is InChI=1S/C17H20INO3S/c1-11-9-14(17(2,3)4)16(20)15(10-11)23(21,22)19-13-7-5-12(18)6-8-13/h5-10,19-20H,1-4H3. The third kappa shape index (κ3) is 4.17. The summed E-state index contributed by atoms with van der Waals surface area (Å²) >= 11 is 2.15. The zero-order valence-corrected chi connectivity index (χ0v) is 16.5. The fraction of sp³-hybridized carbons (Fsp3) is 0.294. The van der Waals surface area contributed by atoms with Crippen LogP contribution in [0, 0.1) is 10.5 Å². The van der Waals surface area contributed by atoms with Gasteiger partial charge in [0.25, 0.3) is 10.0 Å². The predicted octanol–water partition coefficient (Wildman–Crippen LogP) is 4.40. The van der Waals surface area contributed by atoms with Crippen molar-refractivity contribution in [2.24, 2.45) is 0 Å². The lowest BCUT2D eigenvalue weighted by Gasteiger charge is -2.23. The number of rotatable bonds is 3. The SMILES string of the molecule is Cc1cc(C(C)(C)C)c(O)c(S(=O)(=O)Nc2ccc(I)cc2)c1. The molecule has 2 aromatic carbocycles. The molecule has 124 valence electrons. The van der Waals surface area contributed by atoms with E-state index in [2.05, 4.69) is 27.3 Å². The van der Waals surface area contributed by atoms with Gasteiger partial charge in [0.15, 0.2) is 0 Å². The number of benzene rings is 2. The minimum Gasteiger partial charge on any atom is -0.506 e. The Hall–Kier alpha value is -1.28. The first-order chi connectivity index (χ1) is 10.5. The Morgan fingerprint density at radius 2 is 1.65 bits per heavy atom. The number of phenolic OH excluding ortho intramolecular Hbond substituents is 1. The Balaban J connectivity index is 2.52. The highest BCUT2D eigenvalue weighted by atomic mass is 127. The maximum Gasteiger partial charge on any atom is 0.265 e. The molecule has 0 amide bonds. The molecule has 0 spiro atoms. The highest BCUT2D eigenvalue weighted by Gasteiger charge is 2.26. The van der Waals surface area contributed by atoms with E-state index in [1.54, 1.807) is 12.1 Å². The summed E-state index contributed by atoms with van der Waals surface area (Å²) < 4.78 is 28.9. The minimum absolute atomic E-state index is 0.0963. The van der Waals surface area contributed by atoms with Crippen LogP contribution < -0.4 is 4.72 Å². The van der Waals surface area contributed by atoms with Crippen LogP contribution in [-0.2, 0) is 15.4 Å². The summed E-state index contributed by atoms with van der Waals surface area (Å²) in [6.45, 7) is 7.62. The molecule has 0 radical (unpaired) electrons. The van der Waals surface area contributed by atoms with Gasteiger partial charge < -0.3 is 5.11 Å². The van der Waals surface area contributed by atoms with Gasteiger partial charge in [-0.25, -0.2) is 8.42 Å². The molecular formula is C17H20INO3S. The average Bonchev–Trinajstić information content (AvgIpc) is 2.42. The molecule has 2 rings (SSSR count). The third-order valence-electron chi connectivity index (χ3n) is 3.41. The topological polar surface area (TPSA) is 66.4 Å². The third-order valence-corrected chi connectivity index (χ3v) is 5.53. The molecule has 0 unspecified atom stereocenters. The monoisotopic (exact) mass is 445 g/mol. The molecule has 0 aromatic heterocycles. The van der Waals surface area contributed by atoms with E-state index in [-0.39, 0.29) is 16.1 Å². The van der Waals surface area contributed by atoms with Crippen molar-refractivity contribution in [1.29, 1.82) is 0 Å². The first-order valence-corrected chi connectivity index (χ1v) is 9.69. The number of aromatic hydroxyl groups is 1. The van der Waals surface area contributed by atoms with Crippen molar-refractivity contribution >= 4 is 38.3 Å². The number of halogens is 1. The Morgan fingerprint density at radius 3 is 2.17 bits per heavy atom. The van der Waals surface area contributed by atoms with E-state index >= 15 is 0 Å². The van der Waals surface area contributed by atoms with Gasteiger partial charge in [0.2, 0.25) is 0 Å². The molecule has 0 aliphatic heterocycles. The van der Waals surface area contributed by atoms with Gasteiger partial charge in [-0.2, -0.15) is 0 Å². The second-order valence-corrected chi connectivity index (χ2v) is 9.42. The smallest absolute Gasteiger partial charge is 0.265 e. The van der Waals surface area contributed by atoms with Crippen LogP contribution >= 0.6 is 22.6 Å². The summed E-state index contributed by atoms with van der Waals surface area (Å²) in [7, 11) is -3.86. The Morgan fingerprint density at radius 1 is 1.09 bits per heavy atom. The van der Waals surface area contributed by atoms with Gasteiger partial charge in [0, 0.05) is 14.8 Å². The predicted molar refractivity (Wildman–Crippen MR) is 102 cm³/mol. The number of hydrogen-bond donors (Lipinski definition) is 2. The number of nitrogens with one attached hydrogen (secondary N) is 1. The average molecular weight is 445 g/mol. The van der Waals surface area contributed by atoms with Crippen molar-refractivity contribution in [3.05, 3.63) is 51.1 Å². The number of hydrogen-bond acceptors (Lipinski definition) is 3. The lowest BCUT2D eigenvalue weighted by atomic mass is 9.85. The van der Waals surface area contributed by atoms with E-state index in [9.17, 15) is 13.5 Å². The largest absolute Gasteiger partial charge is 0.506 e. The van der Waals surface area contributed by atoms with Crippen molar-refractivity contribution in [2.75, 3.05) is 4.72 Å². The van der Waals surface area contributed by atoms with E-state index in [0.717, 1.165) is 9.13 Å². The van der Waals surface area contributed by atoms with Crippen LogP contribution in [0.2, 0.25) is 0 Å². The van der Waals surface area contributed by atoms with Gasteiger partial charge in [-0.15, -0.1) is 0 Å². The highest BCUT2D eigenvalue weighted by molar-refractivity contribution is 14.1. The quantitative estimate of drug-likeness (QED) is 0.689. The molecular weight excluding hydrogens is 425 g/mol. The molecule has 0 fully saturated rings. The van der Waals surface area contributed by atoms with Crippen LogP contribution in [0.5, 0.6) is 5.75 Å².